The summed E-state index contributed by atoms with van der Waals surface area (Å²) in [5, 5.41) is 7.67. The van der Waals surface area contributed by atoms with Crippen LogP contribution in [0.5, 0.6) is 0 Å². The lowest BCUT2D eigenvalue weighted by Crippen LogP contribution is -2.57. The summed E-state index contributed by atoms with van der Waals surface area (Å²) < 4.78 is 52.4. The molecule has 0 bridgehead atoms. The Labute approximate surface area is 181 Å². The van der Waals surface area contributed by atoms with Crippen LogP contribution < -0.4 is 21.7 Å². The van der Waals surface area contributed by atoms with Crippen LogP contribution in [0.25, 0.3) is 0 Å². The Hall–Kier alpha value is -2.11. The topological polar surface area (TPSA) is 99.5 Å². The molecule has 2 heterocycles. The Kier molecular flexibility index (Phi) is 6.97. The van der Waals surface area contributed by atoms with Gasteiger partial charge in [0.05, 0.1) is 23.8 Å². The van der Waals surface area contributed by atoms with Crippen molar-refractivity contribution in [3.05, 3.63) is 34.6 Å². The highest BCUT2D eigenvalue weighted by Gasteiger charge is 2.42. The van der Waals surface area contributed by atoms with Crippen LogP contribution in [0.15, 0.2) is 18.2 Å². The number of nitrogens with zero attached hydrogens (tertiary/aromatic N) is 1. The van der Waals surface area contributed by atoms with Gasteiger partial charge in [-0.05, 0) is 43.4 Å². The van der Waals surface area contributed by atoms with Crippen molar-refractivity contribution in [2.75, 3.05) is 13.1 Å². The molecule has 2 aliphatic rings. The van der Waals surface area contributed by atoms with E-state index in [-0.39, 0.29) is 23.9 Å². The Morgan fingerprint density at radius 2 is 2.10 bits per heavy atom. The zero-order chi connectivity index (χ0) is 22.9. The molecule has 0 aromatic heterocycles. The molecule has 0 saturated carbocycles. The summed E-state index contributed by atoms with van der Waals surface area (Å²) in [6.45, 7) is 0.623. The molecule has 12 heteroatoms. The van der Waals surface area contributed by atoms with Gasteiger partial charge < -0.3 is 21.7 Å². The Morgan fingerprint density at radius 3 is 2.65 bits per heavy atom. The maximum atomic E-state index is 13.7. The third-order valence-corrected chi connectivity index (χ3v) is 5.99. The molecule has 2 fully saturated rings. The van der Waals surface area contributed by atoms with Crippen molar-refractivity contribution in [1.82, 2.24) is 20.9 Å². The lowest BCUT2D eigenvalue weighted by molar-refractivity contribution is -0.162. The van der Waals surface area contributed by atoms with Crippen molar-refractivity contribution in [2.24, 2.45) is 11.7 Å². The summed E-state index contributed by atoms with van der Waals surface area (Å²) in [5.74, 6) is -1.43. The summed E-state index contributed by atoms with van der Waals surface area (Å²) in [7, 11) is 0. The average Bonchev–Trinajstić information content (AvgIpc) is 3.10. The van der Waals surface area contributed by atoms with Crippen molar-refractivity contribution >= 4 is 23.5 Å². The Morgan fingerprint density at radius 1 is 1.39 bits per heavy atom. The number of nitrogens with one attached hydrogen (secondary N) is 3. The Balaban J connectivity index is 1.83. The first-order chi connectivity index (χ1) is 14.4. The minimum atomic E-state index is -4.38. The zero-order valence-corrected chi connectivity index (χ0v) is 17.4. The van der Waals surface area contributed by atoms with Crippen molar-refractivity contribution < 1.29 is 27.2 Å². The lowest BCUT2D eigenvalue weighted by Gasteiger charge is -2.45. The molecule has 3 rings (SSSR count). The number of piperidine rings is 1. The Bertz CT molecular complexity index is 828. The number of rotatable bonds is 5. The molecular weight excluding hydrogens is 442 g/mol. The van der Waals surface area contributed by atoms with Gasteiger partial charge in [-0.3, -0.25) is 9.69 Å². The molecule has 5 N–H and O–H groups in total. The molecule has 1 aromatic carbocycles. The van der Waals surface area contributed by atoms with E-state index in [1.165, 1.54) is 17.0 Å². The molecule has 2 unspecified atom stereocenters. The van der Waals surface area contributed by atoms with Crippen LogP contribution in [0.3, 0.4) is 0 Å². The summed E-state index contributed by atoms with van der Waals surface area (Å²) in [4.78, 5) is 25.3. The van der Waals surface area contributed by atoms with Gasteiger partial charge in [0, 0.05) is 12.6 Å². The maximum Gasteiger partial charge on any atom is 0.401 e. The number of urea groups is 1. The van der Waals surface area contributed by atoms with Crippen LogP contribution in [0.2, 0.25) is 5.02 Å². The first-order valence-corrected chi connectivity index (χ1v) is 10.2. The smallest absolute Gasteiger partial charge is 0.347 e. The molecule has 2 saturated heterocycles. The number of benzene rings is 1. The molecule has 1 aromatic rings. The fraction of sp³-hybridized carbons (Fsp3) is 0.579. The summed E-state index contributed by atoms with van der Waals surface area (Å²) in [6, 6.07) is 1.56. The van der Waals surface area contributed by atoms with Crippen molar-refractivity contribution in [3.63, 3.8) is 0 Å². The molecular formula is C19H24ClF4N5O2. The van der Waals surface area contributed by atoms with E-state index in [0.717, 1.165) is 6.07 Å². The van der Waals surface area contributed by atoms with Crippen LogP contribution in [-0.2, 0) is 4.79 Å². The zero-order valence-electron chi connectivity index (χ0n) is 16.7. The number of amides is 3. The van der Waals surface area contributed by atoms with Gasteiger partial charge in [-0.25, -0.2) is 9.18 Å². The normalized spacial score (nSPS) is 28.0. The van der Waals surface area contributed by atoms with Gasteiger partial charge >= 0.3 is 12.2 Å². The number of likely N-dealkylation sites (tertiary alicyclic amines) is 1. The molecule has 172 valence electrons. The largest absolute Gasteiger partial charge is 0.401 e. The molecule has 0 spiro atoms. The van der Waals surface area contributed by atoms with E-state index in [0.29, 0.717) is 12.0 Å². The van der Waals surface area contributed by atoms with E-state index in [1.54, 1.807) is 6.92 Å². The van der Waals surface area contributed by atoms with Gasteiger partial charge in [0.25, 0.3) is 0 Å². The quantitative estimate of drug-likeness (QED) is 0.501. The number of carbonyl (C=O) groups excluding carboxylic acids is 2. The molecule has 31 heavy (non-hydrogen) atoms. The predicted octanol–water partition coefficient (Wildman–Crippen LogP) is 2.27. The summed E-state index contributed by atoms with van der Waals surface area (Å²) >= 11 is 5.92. The van der Waals surface area contributed by atoms with Gasteiger partial charge in [0.15, 0.2) is 0 Å². The third-order valence-electron chi connectivity index (χ3n) is 5.70. The average molecular weight is 466 g/mol. The predicted molar refractivity (Wildman–Crippen MR) is 106 cm³/mol. The highest BCUT2D eigenvalue weighted by molar-refractivity contribution is 6.30. The van der Waals surface area contributed by atoms with E-state index >= 15 is 0 Å². The molecule has 2 aliphatic heterocycles. The van der Waals surface area contributed by atoms with Crippen molar-refractivity contribution in [1.29, 1.82) is 0 Å². The molecule has 3 amide bonds. The third kappa shape index (κ3) is 5.78. The summed E-state index contributed by atoms with van der Waals surface area (Å²) in [5.41, 5.74) is 6.57. The first kappa shape index (κ1) is 23.6. The fourth-order valence-electron chi connectivity index (χ4n) is 4.24. The van der Waals surface area contributed by atoms with E-state index in [9.17, 15) is 27.2 Å². The van der Waals surface area contributed by atoms with E-state index in [4.69, 9.17) is 17.3 Å². The van der Waals surface area contributed by atoms with Crippen LogP contribution >= 0.6 is 11.6 Å². The van der Waals surface area contributed by atoms with Crippen molar-refractivity contribution in [2.45, 2.75) is 50.2 Å². The van der Waals surface area contributed by atoms with Gasteiger partial charge in [0.2, 0.25) is 5.91 Å². The first-order valence-electron chi connectivity index (χ1n) is 9.82. The minimum absolute atomic E-state index is 0.0987. The molecule has 0 aliphatic carbocycles. The molecule has 7 nitrogen and oxygen atoms in total. The van der Waals surface area contributed by atoms with Gasteiger partial charge in [-0.2, -0.15) is 13.2 Å². The molecule has 5 atom stereocenters. The number of hydrogen-bond donors (Lipinski definition) is 4. The van der Waals surface area contributed by atoms with Crippen LogP contribution in [-0.4, -0.2) is 54.4 Å². The van der Waals surface area contributed by atoms with Gasteiger partial charge in [0.1, 0.15) is 11.9 Å². The summed E-state index contributed by atoms with van der Waals surface area (Å²) in [6.07, 6.45) is -4.77. The van der Waals surface area contributed by atoms with Gasteiger partial charge in [-0.15, -0.1) is 0 Å². The van der Waals surface area contributed by atoms with E-state index < -0.39 is 54.8 Å². The van der Waals surface area contributed by atoms with Crippen LogP contribution in [0, 0.1) is 11.7 Å². The second-order valence-electron chi connectivity index (χ2n) is 8.00. The van der Waals surface area contributed by atoms with Crippen LogP contribution in [0.1, 0.15) is 31.4 Å². The van der Waals surface area contributed by atoms with E-state index in [1.807, 2.05) is 0 Å². The standard InChI is InChI=1S/C19H24ClF4N5O2/c1-9-4-11(6-15(25)29(9)8-19(22,23)24)16(10-2-3-13(21)12(20)5-10)28-17(30)14-7-26-18(31)27-14/h2-3,5,9,11,14-16H,4,6-8,25H2,1H3,(H,28,30)(H2,26,27,31)/t9-,11?,14-,15-,16?/m0/s1. The maximum absolute atomic E-state index is 13.7. The van der Waals surface area contributed by atoms with Crippen molar-refractivity contribution in [3.8, 4) is 0 Å². The monoisotopic (exact) mass is 465 g/mol. The molecule has 0 radical (unpaired) electrons. The fourth-order valence-corrected chi connectivity index (χ4v) is 4.43. The number of halogens is 5. The number of carbonyl (C=O) groups is 2. The minimum Gasteiger partial charge on any atom is -0.347 e. The SMILES string of the molecule is C[C@H]1CC(C(NC(=O)[C@@H]2CNC(=O)N2)c2ccc(F)c(Cl)c2)C[C@@H](N)N1CC(F)(F)F. The number of alkyl halides is 3. The van der Waals surface area contributed by atoms with E-state index in [2.05, 4.69) is 16.0 Å². The second-order valence-corrected chi connectivity index (χ2v) is 8.41. The second kappa shape index (κ2) is 9.17. The highest BCUT2D eigenvalue weighted by Crippen LogP contribution is 2.37. The van der Waals surface area contributed by atoms with Crippen LogP contribution in [0.4, 0.5) is 22.4 Å². The highest BCUT2D eigenvalue weighted by atomic mass is 35.5. The number of hydrogen-bond acceptors (Lipinski definition) is 4. The number of nitrogens with two attached hydrogens (primary N) is 1. The lowest BCUT2D eigenvalue weighted by atomic mass is 9.81. The van der Waals surface area contributed by atoms with Gasteiger partial charge in [-0.1, -0.05) is 17.7 Å².